The largest absolute Gasteiger partial charge is 0.353 e. The van der Waals surface area contributed by atoms with Gasteiger partial charge >= 0.3 is 0 Å². The first kappa shape index (κ1) is 13.3. The lowest BCUT2D eigenvalue weighted by molar-refractivity contribution is 0.738. The molecule has 0 amide bonds. The van der Waals surface area contributed by atoms with Crippen molar-refractivity contribution in [2.45, 2.75) is 26.2 Å². The Morgan fingerprint density at radius 3 is 2.74 bits per heavy atom. The molecule has 5 heteroatoms. The van der Waals surface area contributed by atoms with Gasteiger partial charge in [0.2, 0.25) is 5.95 Å². The molecule has 2 aromatic rings. The van der Waals surface area contributed by atoms with E-state index in [4.69, 9.17) is 0 Å². The Hall–Kier alpha value is -2.17. The smallest absolute Gasteiger partial charge is 0.244 e. The Morgan fingerprint density at radius 1 is 1.11 bits per heavy atom. The van der Waals surface area contributed by atoms with Gasteiger partial charge in [-0.05, 0) is 18.6 Å². The molecule has 0 unspecified atom stereocenters. The molecule has 5 nitrogen and oxygen atoms in total. The van der Waals surface area contributed by atoms with Crippen molar-refractivity contribution in [1.29, 1.82) is 0 Å². The van der Waals surface area contributed by atoms with Crippen molar-refractivity contribution in [2.24, 2.45) is 0 Å². The number of nitrogens with zero attached hydrogens (tertiary/aromatic N) is 3. The first-order valence-electron chi connectivity index (χ1n) is 6.64. The quantitative estimate of drug-likeness (QED) is 0.746. The van der Waals surface area contributed by atoms with Gasteiger partial charge in [0, 0.05) is 12.2 Å². The number of rotatable bonds is 7. The molecule has 0 saturated carbocycles. The normalized spacial score (nSPS) is 10.2. The molecule has 19 heavy (non-hydrogen) atoms. The van der Waals surface area contributed by atoms with Crippen LogP contribution in [0.15, 0.2) is 36.5 Å². The average molecular weight is 257 g/mol. The van der Waals surface area contributed by atoms with Crippen LogP contribution in [0.25, 0.3) is 0 Å². The lowest BCUT2D eigenvalue weighted by Crippen LogP contribution is -2.07. The molecule has 0 aliphatic rings. The van der Waals surface area contributed by atoms with Gasteiger partial charge in [0.05, 0.1) is 6.20 Å². The van der Waals surface area contributed by atoms with E-state index in [0.29, 0.717) is 11.8 Å². The Kier molecular flexibility index (Phi) is 5.10. The molecule has 0 fully saturated rings. The molecule has 1 heterocycles. The summed E-state index contributed by atoms with van der Waals surface area (Å²) in [5.41, 5.74) is 0.986. The van der Waals surface area contributed by atoms with Gasteiger partial charge in [0.15, 0.2) is 5.82 Å². The number of hydrogen-bond acceptors (Lipinski definition) is 5. The summed E-state index contributed by atoms with van der Waals surface area (Å²) in [6.07, 6.45) is 5.15. The number of unbranched alkanes of at least 4 members (excludes halogenated alkanes) is 2. The zero-order chi connectivity index (χ0) is 13.3. The number of nitrogens with one attached hydrogen (secondary N) is 2. The second-order valence-electron chi connectivity index (χ2n) is 4.29. The highest BCUT2D eigenvalue weighted by Crippen LogP contribution is 2.13. The molecular weight excluding hydrogens is 238 g/mol. The molecule has 0 aliphatic carbocycles. The average Bonchev–Trinajstić information content (AvgIpc) is 2.45. The van der Waals surface area contributed by atoms with Crippen molar-refractivity contribution >= 4 is 17.5 Å². The maximum atomic E-state index is 4.37. The molecule has 0 bridgehead atoms. The summed E-state index contributed by atoms with van der Waals surface area (Å²) in [6.45, 7) is 3.06. The van der Waals surface area contributed by atoms with Crippen molar-refractivity contribution in [1.82, 2.24) is 15.2 Å². The summed E-state index contributed by atoms with van der Waals surface area (Å²) >= 11 is 0. The van der Waals surface area contributed by atoms with Gasteiger partial charge in [0.1, 0.15) is 0 Å². The molecule has 0 radical (unpaired) electrons. The third kappa shape index (κ3) is 4.54. The van der Waals surface area contributed by atoms with Crippen LogP contribution in [0.3, 0.4) is 0 Å². The molecule has 2 rings (SSSR count). The monoisotopic (exact) mass is 257 g/mol. The number of anilines is 3. The maximum absolute atomic E-state index is 4.37. The predicted molar refractivity (Wildman–Crippen MR) is 77.6 cm³/mol. The zero-order valence-electron chi connectivity index (χ0n) is 11.1. The van der Waals surface area contributed by atoms with Crippen LogP contribution in [0.1, 0.15) is 26.2 Å². The zero-order valence-corrected chi connectivity index (χ0v) is 11.1. The van der Waals surface area contributed by atoms with Crippen LogP contribution < -0.4 is 10.6 Å². The van der Waals surface area contributed by atoms with Crippen molar-refractivity contribution in [3.63, 3.8) is 0 Å². The number of benzene rings is 1. The van der Waals surface area contributed by atoms with Gasteiger partial charge in [-0.25, -0.2) is 0 Å². The summed E-state index contributed by atoms with van der Waals surface area (Å²) in [7, 11) is 0. The lowest BCUT2D eigenvalue weighted by atomic mass is 10.2. The first-order chi connectivity index (χ1) is 9.38. The van der Waals surface area contributed by atoms with Crippen molar-refractivity contribution in [3.8, 4) is 0 Å². The summed E-state index contributed by atoms with van der Waals surface area (Å²) in [5, 5.41) is 14.3. The van der Waals surface area contributed by atoms with Crippen molar-refractivity contribution < 1.29 is 0 Å². The Morgan fingerprint density at radius 2 is 1.95 bits per heavy atom. The topological polar surface area (TPSA) is 62.7 Å². The summed E-state index contributed by atoms with van der Waals surface area (Å²) < 4.78 is 0. The standard InChI is InChI=1S/C14H19N5/c1-2-3-7-10-15-14-18-13(11-16-19-14)17-12-8-5-4-6-9-12/h4-6,8-9,11H,2-3,7,10H2,1H3,(H2,15,17,18,19). The minimum Gasteiger partial charge on any atom is -0.353 e. The Balaban J connectivity index is 1.91. The fourth-order valence-electron chi connectivity index (χ4n) is 1.68. The predicted octanol–water partition coefficient (Wildman–Crippen LogP) is 3.22. The summed E-state index contributed by atoms with van der Waals surface area (Å²) in [5.74, 6) is 1.26. The van der Waals surface area contributed by atoms with Crippen LogP contribution in [0, 0.1) is 0 Å². The van der Waals surface area contributed by atoms with Crippen LogP contribution in [-0.2, 0) is 0 Å². The van der Waals surface area contributed by atoms with Crippen LogP contribution in [0.5, 0.6) is 0 Å². The van der Waals surface area contributed by atoms with E-state index >= 15 is 0 Å². The third-order valence-electron chi connectivity index (χ3n) is 2.67. The SMILES string of the molecule is CCCCCNc1nncc(Nc2ccccc2)n1. The highest BCUT2D eigenvalue weighted by molar-refractivity contribution is 5.55. The summed E-state index contributed by atoms with van der Waals surface area (Å²) in [4.78, 5) is 4.37. The van der Waals surface area contributed by atoms with Gasteiger partial charge in [-0.15, -0.1) is 5.10 Å². The number of para-hydroxylation sites is 1. The molecule has 0 atom stereocenters. The van der Waals surface area contributed by atoms with Gasteiger partial charge in [-0.2, -0.15) is 10.1 Å². The highest BCUT2D eigenvalue weighted by atomic mass is 15.3. The van der Waals surface area contributed by atoms with Crippen molar-refractivity contribution in [2.75, 3.05) is 17.2 Å². The fourth-order valence-corrected chi connectivity index (χ4v) is 1.68. The highest BCUT2D eigenvalue weighted by Gasteiger charge is 2.00. The van der Waals surface area contributed by atoms with Crippen LogP contribution in [-0.4, -0.2) is 21.7 Å². The Labute approximate surface area is 113 Å². The van der Waals surface area contributed by atoms with E-state index in [0.717, 1.165) is 18.7 Å². The molecule has 1 aromatic carbocycles. The molecule has 0 saturated heterocycles. The van der Waals surface area contributed by atoms with Gasteiger partial charge in [-0.3, -0.25) is 0 Å². The van der Waals surface area contributed by atoms with Crippen LogP contribution in [0.4, 0.5) is 17.5 Å². The molecule has 0 aliphatic heterocycles. The van der Waals surface area contributed by atoms with Crippen LogP contribution >= 0.6 is 0 Å². The van der Waals surface area contributed by atoms with E-state index in [2.05, 4.69) is 32.7 Å². The van der Waals surface area contributed by atoms with E-state index in [1.165, 1.54) is 12.8 Å². The minimum absolute atomic E-state index is 0.567. The number of hydrogen-bond donors (Lipinski definition) is 2. The van der Waals surface area contributed by atoms with E-state index in [-0.39, 0.29) is 0 Å². The summed E-state index contributed by atoms with van der Waals surface area (Å²) in [6, 6.07) is 9.89. The second kappa shape index (κ2) is 7.31. The fraction of sp³-hybridized carbons (Fsp3) is 0.357. The maximum Gasteiger partial charge on any atom is 0.244 e. The van der Waals surface area contributed by atoms with Gasteiger partial charge in [0.25, 0.3) is 0 Å². The van der Waals surface area contributed by atoms with E-state index in [9.17, 15) is 0 Å². The lowest BCUT2D eigenvalue weighted by Gasteiger charge is -2.07. The van der Waals surface area contributed by atoms with E-state index in [1.807, 2.05) is 30.3 Å². The molecule has 2 N–H and O–H groups in total. The first-order valence-corrected chi connectivity index (χ1v) is 6.64. The second-order valence-corrected chi connectivity index (χ2v) is 4.29. The molecule has 100 valence electrons. The molecular formula is C14H19N5. The molecule has 0 spiro atoms. The third-order valence-corrected chi connectivity index (χ3v) is 2.67. The van der Waals surface area contributed by atoms with Gasteiger partial charge < -0.3 is 10.6 Å². The Bertz CT molecular complexity index is 486. The number of aromatic nitrogens is 3. The van der Waals surface area contributed by atoms with E-state index in [1.54, 1.807) is 6.20 Å². The van der Waals surface area contributed by atoms with Crippen molar-refractivity contribution in [3.05, 3.63) is 36.5 Å². The minimum atomic E-state index is 0.567. The van der Waals surface area contributed by atoms with Crippen LogP contribution in [0.2, 0.25) is 0 Å². The molecule has 1 aromatic heterocycles. The van der Waals surface area contributed by atoms with E-state index < -0.39 is 0 Å². The van der Waals surface area contributed by atoms with Gasteiger partial charge in [-0.1, -0.05) is 38.0 Å².